The fourth-order valence-corrected chi connectivity index (χ4v) is 0.427. The number of halogens is 1. The predicted octanol–water partition coefficient (Wildman–Crippen LogP) is -0.122. The van der Waals surface area contributed by atoms with Gasteiger partial charge in [0, 0.05) is 6.42 Å². The third-order valence-electron chi connectivity index (χ3n) is 0.952. The van der Waals surface area contributed by atoms with Crippen LogP contribution >= 0.6 is 12.4 Å². The molecule has 0 aromatic carbocycles. The highest BCUT2D eigenvalue weighted by Gasteiger charge is 2.01. The number of rotatable bonds is 3. The molecule has 9 heavy (non-hydrogen) atoms. The summed E-state index contributed by atoms with van der Waals surface area (Å²) >= 11 is 0. The number of carbonyl (C=O) groups is 1. The maximum absolute atomic E-state index is 10.1. The maximum atomic E-state index is 10.1. The van der Waals surface area contributed by atoms with Crippen molar-refractivity contribution in [3.05, 3.63) is 0 Å². The highest BCUT2D eigenvalue weighted by molar-refractivity contribution is 5.85. The monoisotopic (exact) mass is 152 g/mol. The van der Waals surface area contributed by atoms with Gasteiger partial charge >= 0.3 is 0 Å². The van der Waals surface area contributed by atoms with Crippen LogP contribution in [0.25, 0.3) is 0 Å². The third kappa shape index (κ3) is 7.72. The molecule has 0 saturated heterocycles. The van der Waals surface area contributed by atoms with Gasteiger partial charge < -0.3 is 11.5 Å². The fourth-order valence-electron chi connectivity index (χ4n) is 0.427. The highest BCUT2D eigenvalue weighted by Crippen LogP contribution is 1.95. The van der Waals surface area contributed by atoms with Crippen LogP contribution in [0.1, 0.15) is 13.3 Å². The Hall–Kier alpha value is -0.280. The summed E-state index contributed by atoms with van der Waals surface area (Å²) in [6, 6.07) is 0. The molecule has 56 valence electrons. The van der Waals surface area contributed by atoms with Crippen LogP contribution in [-0.2, 0) is 4.79 Å². The Kier molecular flexibility index (Phi) is 7.48. The zero-order valence-corrected chi connectivity index (χ0v) is 6.28. The van der Waals surface area contributed by atoms with E-state index in [2.05, 4.69) is 0 Å². The highest BCUT2D eigenvalue weighted by atomic mass is 35.5. The third-order valence-corrected chi connectivity index (χ3v) is 0.952. The molecule has 4 N–H and O–H groups in total. The minimum atomic E-state index is -0.275. The topological polar surface area (TPSA) is 69.1 Å². The van der Waals surface area contributed by atoms with Gasteiger partial charge in [-0.1, -0.05) is 6.92 Å². The number of hydrogen-bond acceptors (Lipinski definition) is 2. The standard InChI is InChI=1S/C5H12N2O.ClH/c1-4(3-6)2-5(7)8;/h4H,2-3,6H2,1H3,(H2,7,8);1H/t4-;/m0./s1. The summed E-state index contributed by atoms with van der Waals surface area (Å²) in [5.41, 5.74) is 10.1. The molecule has 4 heteroatoms. The average Bonchev–Trinajstić information content (AvgIpc) is 1.65. The molecule has 0 saturated carbocycles. The van der Waals surface area contributed by atoms with Crippen molar-refractivity contribution in [2.24, 2.45) is 17.4 Å². The number of hydrogen-bond donors (Lipinski definition) is 2. The first-order valence-electron chi connectivity index (χ1n) is 2.65. The molecular formula is C5H13ClN2O. The number of carbonyl (C=O) groups excluding carboxylic acids is 1. The molecule has 0 heterocycles. The first-order valence-corrected chi connectivity index (χ1v) is 2.65. The van der Waals surface area contributed by atoms with Gasteiger partial charge in [-0.2, -0.15) is 0 Å². The van der Waals surface area contributed by atoms with Crippen LogP contribution in [-0.4, -0.2) is 12.5 Å². The van der Waals surface area contributed by atoms with Crippen molar-refractivity contribution in [3.63, 3.8) is 0 Å². The van der Waals surface area contributed by atoms with Crippen molar-refractivity contribution in [1.29, 1.82) is 0 Å². The second-order valence-electron chi connectivity index (χ2n) is 2.01. The molecule has 1 amide bonds. The van der Waals surface area contributed by atoms with Crippen LogP contribution in [0.3, 0.4) is 0 Å². The largest absolute Gasteiger partial charge is 0.370 e. The van der Waals surface area contributed by atoms with Gasteiger partial charge in [0.2, 0.25) is 5.91 Å². The SMILES string of the molecule is C[C@H](CN)CC(N)=O.Cl. The van der Waals surface area contributed by atoms with Crippen LogP contribution < -0.4 is 11.5 Å². The second kappa shape index (κ2) is 5.85. The molecule has 0 bridgehead atoms. The first kappa shape index (κ1) is 11.5. The molecule has 0 aromatic heterocycles. The second-order valence-corrected chi connectivity index (χ2v) is 2.01. The van der Waals surface area contributed by atoms with Gasteiger partial charge in [0.1, 0.15) is 0 Å². The molecule has 0 radical (unpaired) electrons. The van der Waals surface area contributed by atoms with E-state index in [9.17, 15) is 4.79 Å². The van der Waals surface area contributed by atoms with Crippen molar-refractivity contribution in [1.82, 2.24) is 0 Å². The Balaban J connectivity index is 0. The minimum absolute atomic E-state index is 0. The Morgan fingerprint density at radius 3 is 2.22 bits per heavy atom. The van der Waals surface area contributed by atoms with Gasteiger partial charge in [0.25, 0.3) is 0 Å². The lowest BCUT2D eigenvalue weighted by atomic mass is 10.1. The van der Waals surface area contributed by atoms with Gasteiger partial charge in [-0.25, -0.2) is 0 Å². The Morgan fingerprint density at radius 2 is 2.11 bits per heavy atom. The van der Waals surface area contributed by atoms with Gasteiger partial charge in [0.05, 0.1) is 0 Å². The molecule has 0 aliphatic heterocycles. The van der Waals surface area contributed by atoms with E-state index >= 15 is 0 Å². The van der Waals surface area contributed by atoms with E-state index in [0.29, 0.717) is 13.0 Å². The van der Waals surface area contributed by atoms with Crippen molar-refractivity contribution in [2.45, 2.75) is 13.3 Å². The van der Waals surface area contributed by atoms with E-state index in [4.69, 9.17) is 11.5 Å². The van der Waals surface area contributed by atoms with Gasteiger partial charge in [0.15, 0.2) is 0 Å². The van der Waals surface area contributed by atoms with Crippen molar-refractivity contribution < 1.29 is 4.79 Å². The Labute approximate surface area is 61.2 Å². The van der Waals surface area contributed by atoms with Crippen molar-refractivity contribution >= 4 is 18.3 Å². The Bertz CT molecular complexity index is 87.0. The van der Waals surface area contributed by atoms with Crippen LogP contribution in [0.4, 0.5) is 0 Å². The minimum Gasteiger partial charge on any atom is -0.370 e. The van der Waals surface area contributed by atoms with E-state index in [1.165, 1.54) is 0 Å². The normalized spacial score (nSPS) is 11.8. The van der Waals surface area contributed by atoms with Crippen molar-refractivity contribution in [2.75, 3.05) is 6.54 Å². The zero-order valence-electron chi connectivity index (χ0n) is 5.46. The summed E-state index contributed by atoms with van der Waals surface area (Å²) in [5.74, 6) is -0.0459. The quantitative estimate of drug-likeness (QED) is 0.592. The molecule has 0 aliphatic rings. The van der Waals surface area contributed by atoms with Crippen LogP contribution in [0, 0.1) is 5.92 Å². The van der Waals surface area contributed by atoms with Crippen molar-refractivity contribution in [3.8, 4) is 0 Å². The Morgan fingerprint density at radius 1 is 1.67 bits per heavy atom. The smallest absolute Gasteiger partial charge is 0.217 e. The van der Waals surface area contributed by atoms with E-state index in [-0.39, 0.29) is 24.2 Å². The number of nitrogens with two attached hydrogens (primary N) is 2. The lowest BCUT2D eigenvalue weighted by Crippen LogP contribution is -2.19. The first-order chi connectivity index (χ1) is 3.66. The van der Waals surface area contributed by atoms with Crippen LogP contribution in [0.15, 0.2) is 0 Å². The maximum Gasteiger partial charge on any atom is 0.217 e. The van der Waals surface area contributed by atoms with E-state index in [1.807, 2.05) is 6.92 Å². The van der Waals surface area contributed by atoms with E-state index in [0.717, 1.165) is 0 Å². The predicted molar refractivity (Wildman–Crippen MR) is 39.3 cm³/mol. The van der Waals surface area contributed by atoms with Gasteiger partial charge in [-0.15, -0.1) is 12.4 Å². The molecule has 1 atom stereocenters. The van der Waals surface area contributed by atoms with Gasteiger partial charge in [-0.3, -0.25) is 4.79 Å². The summed E-state index contributed by atoms with van der Waals surface area (Å²) in [5, 5.41) is 0. The molecule has 0 fully saturated rings. The molecular weight excluding hydrogens is 140 g/mol. The molecule has 0 aromatic rings. The zero-order chi connectivity index (χ0) is 6.57. The molecule has 3 nitrogen and oxygen atoms in total. The molecule has 0 spiro atoms. The van der Waals surface area contributed by atoms with Crippen LogP contribution in [0.2, 0.25) is 0 Å². The summed E-state index contributed by atoms with van der Waals surface area (Å²) in [4.78, 5) is 10.1. The molecule has 0 unspecified atom stereocenters. The number of primary amides is 1. The average molecular weight is 153 g/mol. The summed E-state index contributed by atoms with van der Waals surface area (Å²) in [6.45, 7) is 2.42. The van der Waals surface area contributed by atoms with E-state index in [1.54, 1.807) is 0 Å². The summed E-state index contributed by atoms with van der Waals surface area (Å²) in [7, 11) is 0. The lowest BCUT2D eigenvalue weighted by molar-refractivity contribution is -0.118. The van der Waals surface area contributed by atoms with E-state index < -0.39 is 0 Å². The lowest BCUT2D eigenvalue weighted by Gasteiger charge is -2.01. The van der Waals surface area contributed by atoms with Crippen LogP contribution in [0.5, 0.6) is 0 Å². The fraction of sp³-hybridized carbons (Fsp3) is 0.800. The molecule has 0 aliphatic carbocycles. The summed E-state index contributed by atoms with van der Waals surface area (Å²) in [6.07, 6.45) is 0.399. The van der Waals surface area contributed by atoms with Gasteiger partial charge in [-0.05, 0) is 12.5 Å². The summed E-state index contributed by atoms with van der Waals surface area (Å²) < 4.78 is 0. The molecule has 0 rings (SSSR count). The number of amides is 1.